The van der Waals surface area contributed by atoms with E-state index in [1.54, 1.807) is 0 Å². The van der Waals surface area contributed by atoms with E-state index in [9.17, 15) is 24.3 Å². The van der Waals surface area contributed by atoms with Gasteiger partial charge in [0.1, 0.15) is 11.6 Å². The molecule has 1 aromatic rings. The van der Waals surface area contributed by atoms with Gasteiger partial charge in [-0.05, 0) is 35.4 Å². The molecule has 0 amide bonds. The first-order valence-electron chi connectivity index (χ1n) is 11.8. The highest BCUT2D eigenvalue weighted by Gasteiger charge is 2.37. The number of carbonyl (C=O) groups excluding carboxylic acids is 3. The molecule has 0 heterocycles. The Morgan fingerprint density at radius 1 is 0.892 bits per heavy atom. The van der Waals surface area contributed by atoms with Gasteiger partial charge in [0.15, 0.2) is 11.5 Å². The molecule has 0 saturated heterocycles. The molecule has 0 fully saturated rings. The van der Waals surface area contributed by atoms with Crippen molar-refractivity contribution in [2.75, 3.05) is 13.2 Å². The number of hydrogen-bond acceptors (Lipinski definition) is 10. The number of esters is 1. The number of hydrogen-bond donors (Lipinski definition) is 2. The Kier molecular flexibility index (Phi) is 10.9. The second-order valence-electron chi connectivity index (χ2n) is 11.4. The lowest BCUT2D eigenvalue weighted by atomic mass is 9.86. The molecule has 1 rings (SSSR count). The third-order valence-electron chi connectivity index (χ3n) is 4.61. The normalized spacial score (nSPS) is 14.1. The fraction of sp³-hybridized carbons (Fsp3) is 0.615. The maximum atomic E-state index is 12.3. The Labute approximate surface area is 217 Å². The van der Waals surface area contributed by atoms with Crippen LogP contribution in [0.5, 0.6) is 11.5 Å². The van der Waals surface area contributed by atoms with Crippen molar-refractivity contribution in [1.29, 1.82) is 0 Å². The fourth-order valence-corrected chi connectivity index (χ4v) is 3.05. The molecular weight excluding hydrogens is 486 g/mol. The molecular formula is C26H39NO10. The van der Waals surface area contributed by atoms with Gasteiger partial charge < -0.3 is 34.5 Å². The van der Waals surface area contributed by atoms with Gasteiger partial charge in [-0.1, -0.05) is 47.6 Å². The van der Waals surface area contributed by atoms with Gasteiger partial charge in [-0.3, -0.25) is 9.59 Å². The van der Waals surface area contributed by atoms with Gasteiger partial charge in [-0.2, -0.15) is 0 Å². The fourth-order valence-electron chi connectivity index (χ4n) is 3.05. The smallest absolute Gasteiger partial charge is 0.480 e. The van der Waals surface area contributed by atoms with Crippen LogP contribution in [0.25, 0.3) is 0 Å². The van der Waals surface area contributed by atoms with Gasteiger partial charge in [0.05, 0.1) is 13.2 Å². The zero-order chi connectivity index (χ0) is 28.6. The third-order valence-corrected chi connectivity index (χ3v) is 4.61. The quantitative estimate of drug-likeness (QED) is 0.252. The number of aliphatic carboxylic acids is 1. The summed E-state index contributed by atoms with van der Waals surface area (Å²) in [6.45, 7) is 14.1. The van der Waals surface area contributed by atoms with Crippen LogP contribution >= 0.6 is 0 Å². The summed E-state index contributed by atoms with van der Waals surface area (Å²) in [5.41, 5.74) is 4.08. The molecule has 0 spiro atoms. The van der Waals surface area contributed by atoms with E-state index in [2.05, 4.69) is 0 Å². The summed E-state index contributed by atoms with van der Waals surface area (Å²) in [5, 5.41) is 9.78. The second-order valence-corrected chi connectivity index (χ2v) is 11.4. The van der Waals surface area contributed by atoms with Crippen molar-refractivity contribution >= 4 is 24.2 Å². The van der Waals surface area contributed by atoms with Gasteiger partial charge >= 0.3 is 24.2 Å². The van der Waals surface area contributed by atoms with Crippen molar-refractivity contribution in [3.63, 3.8) is 0 Å². The van der Waals surface area contributed by atoms with Crippen LogP contribution in [0, 0.1) is 10.8 Å². The van der Waals surface area contributed by atoms with E-state index in [0.717, 1.165) is 0 Å². The van der Waals surface area contributed by atoms with E-state index in [1.807, 2.05) is 41.5 Å². The van der Waals surface area contributed by atoms with E-state index < -0.39 is 35.9 Å². The summed E-state index contributed by atoms with van der Waals surface area (Å²) < 4.78 is 25.8. The van der Waals surface area contributed by atoms with Crippen LogP contribution in [0.2, 0.25) is 0 Å². The summed E-state index contributed by atoms with van der Waals surface area (Å²) in [6.07, 6.45) is -3.20. The molecule has 11 heteroatoms. The molecule has 1 unspecified atom stereocenters. The maximum Gasteiger partial charge on any atom is 0.513 e. The monoisotopic (exact) mass is 525 g/mol. The van der Waals surface area contributed by atoms with Gasteiger partial charge in [0, 0.05) is 19.8 Å². The van der Waals surface area contributed by atoms with Crippen LogP contribution in [-0.2, 0) is 30.2 Å². The van der Waals surface area contributed by atoms with E-state index in [0.29, 0.717) is 5.56 Å². The number of rotatable bonds is 10. The van der Waals surface area contributed by atoms with Crippen molar-refractivity contribution in [2.45, 2.75) is 79.9 Å². The lowest BCUT2D eigenvalue weighted by Crippen LogP contribution is -2.52. The van der Waals surface area contributed by atoms with Crippen LogP contribution < -0.4 is 15.2 Å². The third kappa shape index (κ3) is 12.4. The first-order valence-corrected chi connectivity index (χ1v) is 11.8. The first kappa shape index (κ1) is 31.7. The lowest BCUT2D eigenvalue weighted by molar-refractivity contribution is -0.151. The summed E-state index contributed by atoms with van der Waals surface area (Å²) in [7, 11) is 0. The summed E-state index contributed by atoms with van der Waals surface area (Å²) in [5.74, 6) is -2.21. The van der Waals surface area contributed by atoms with Crippen LogP contribution in [0.1, 0.15) is 67.4 Å². The molecule has 0 bridgehead atoms. The molecule has 208 valence electrons. The van der Waals surface area contributed by atoms with E-state index in [-0.39, 0.29) is 48.4 Å². The Bertz CT molecular complexity index is 977. The van der Waals surface area contributed by atoms with Crippen LogP contribution in [0.4, 0.5) is 9.59 Å². The number of benzene rings is 1. The minimum atomic E-state index is -1.81. The topological polar surface area (TPSA) is 161 Å². The molecule has 0 saturated carbocycles. The van der Waals surface area contributed by atoms with Gasteiger partial charge in [-0.25, -0.2) is 9.59 Å². The first-order chi connectivity index (χ1) is 16.8. The number of nitrogens with two attached hydrogens (primary N) is 1. The van der Waals surface area contributed by atoms with E-state index in [4.69, 9.17) is 29.4 Å². The Morgan fingerprint density at radius 2 is 1.38 bits per heavy atom. The molecule has 3 N–H and O–H groups in total. The van der Waals surface area contributed by atoms with Gasteiger partial charge in [-0.15, -0.1) is 0 Å². The highest BCUT2D eigenvalue weighted by atomic mass is 16.7. The molecule has 2 atom stereocenters. The average Bonchev–Trinajstić information content (AvgIpc) is 2.70. The Morgan fingerprint density at radius 3 is 1.81 bits per heavy atom. The van der Waals surface area contributed by atoms with E-state index >= 15 is 0 Å². The SMILES string of the molecule is CC(=O)O[C@@H](C)CC(N)(Cc1ccc(OC(=O)OCC(C)(C)C)c(OC(=O)OCC(C)(C)C)c1)C(=O)O. The Hall–Kier alpha value is -3.34. The molecule has 0 aliphatic carbocycles. The van der Waals surface area contributed by atoms with Crippen molar-refractivity contribution < 1.29 is 48.0 Å². The van der Waals surface area contributed by atoms with Crippen LogP contribution in [0.3, 0.4) is 0 Å². The molecule has 0 aromatic heterocycles. The Balaban J connectivity index is 3.22. The average molecular weight is 526 g/mol. The lowest BCUT2D eigenvalue weighted by Gasteiger charge is -2.28. The second kappa shape index (κ2) is 12.8. The van der Waals surface area contributed by atoms with Gasteiger partial charge in [0.2, 0.25) is 0 Å². The molecule has 0 aliphatic rings. The maximum absolute atomic E-state index is 12.3. The highest BCUT2D eigenvalue weighted by Crippen LogP contribution is 2.32. The van der Waals surface area contributed by atoms with Crippen molar-refractivity contribution in [1.82, 2.24) is 0 Å². The zero-order valence-electron chi connectivity index (χ0n) is 22.8. The number of ether oxygens (including phenoxy) is 5. The minimum absolute atomic E-state index is 0.0638. The summed E-state index contributed by atoms with van der Waals surface area (Å²) in [6, 6.07) is 4.13. The summed E-state index contributed by atoms with van der Waals surface area (Å²) >= 11 is 0. The minimum Gasteiger partial charge on any atom is -0.480 e. The van der Waals surface area contributed by atoms with Crippen molar-refractivity contribution in [3.05, 3.63) is 23.8 Å². The molecule has 0 radical (unpaired) electrons. The van der Waals surface area contributed by atoms with E-state index in [1.165, 1.54) is 32.0 Å². The number of carbonyl (C=O) groups is 4. The molecule has 1 aromatic carbocycles. The van der Waals surface area contributed by atoms with Crippen LogP contribution in [0.15, 0.2) is 18.2 Å². The van der Waals surface area contributed by atoms with Crippen molar-refractivity contribution in [2.24, 2.45) is 16.6 Å². The molecule has 37 heavy (non-hydrogen) atoms. The highest BCUT2D eigenvalue weighted by molar-refractivity contribution is 5.79. The zero-order valence-corrected chi connectivity index (χ0v) is 22.8. The van der Waals surface area contributed by atoms with Crippen LogP contribution in [-0.4, -0.2) is 54.2 Å². The van der Waals surface area contributed by atoms with Gasteiger partial charge in [0.25, 0.3) is 0 Å². The molecule has 11 nitrogen and oxygen atoms in total. The summed E-state index contributed by atoms with van der Waals surface area (Å²) in [4.78, 5) is 47.8. The number of carboxylic acid groups (broad SMARTS) is 1. The number of carboxylic acids is 1. The molecule has 0 aliphatic heterocycles. The predicted octanol–water partition coefficient (Wildman–Crippen LogP) is 4.48. The standard InChI is InChI=1S/C26H39NO10/c1-16(35-17(2)28)12-26(27,21(29)30)13-18-9-10-19(36-22(31)33-14-24(3,4)5)20(11-18)37-23(32)34-15-25(6,7)8/h9-11,16H,12-15,27H2,1-8H3,(H,29,30)/t16-,26?/m0/s1. The van der Waals surface area contributed by atoms with Crippen molar-refractivity contribution in [3.8, 4) is 11.5 Å². The largest absolute Gasteiger partial charge is 0.513 e. The predicted molar refractivity (Wildman–Crippen MR) is 133 cm³/mol.